The van der Waals surface area contributed by atoms with E-state index in [-0.39, 0.29) is 11.5 Å². The molecule has 0 fully saturated rings. The average Bonchev–Trinajstić information content (AvgIpc) is 2.55. The third-order valence-electron chi connectivity index (χ3n) is 3.43. The molecule has 0 saturated heterocycles. The van der Waals surface area contributed by atoms with Crippen LogP contribution in [0.3, 0.4) is 0 Å². The van der Waals surface area contributed by atoms with Crippen LogP contribution < -0.4 is 20.3 Å². The standard InChI is InChI=1S/C16H16N2O4/c1-18-5-4-12(9-15(18)19)16(20)17-10-11-2-3-13-14(8-11)22-7-6-21-13/h2-5,8-9H,6-7,10H2,1H3,(H,17,20). The van der Waals surface area contributed by atoms with E-state index in [4.69, 9.17) is 9.47 Å². The average molecular weight is 300 g/mol. The maximum absolute atomic E-state index is 12.1. The fourth-order valence-corrected chi connectivity index (χ4v) is 2.17. The number of carbonyl (C=O) groups excluding carboxylic acids is 1. The minimum atomic E-state index is -0.285. The molecular formula is C16H16N2O4. The van der Waals surface area contributed by atoms with Crippen LogP contribution >= 0.6 is 0 Å². The van der Waals surface area contributed by atoms with Gasteiger partial charge >= 0.3 is 0 Å². The third kappa shape index (κ3) is 2.95. The van der Waals surface area contributed by atoms with Gasteiger partial charge in [0.25, 0.3) is 11.5 Å². The lowest BCUT2D eigenvalue weighted by molar-refractivity contribution is 0.0950. The first-order valence-corrected chi connectivity index (χ1v) is 6.97. The first-order chi connectivity index (χ1) is 10.6. The SMILES string of the molecule is Cn1ccc(C(=O)NCc2ccc3c(c2)OCCO3)cc1=O. The van der Waals surface area contributed by atoms with E-state index in [1.54, 1.807) is 19.3 Å². The summed E-state index contributed by atoms with van der Waals surface area (Å²) >= 11 is 0. The molecule has 0 saturated carbocycles. The van der Waals surface area contributed by atoms with Crippen molar-refractivity contribution in [2.45, 2.75) is 6.54 Å². The van der Waals surface area contributed by atoms with E-state index in [2.05, 4.69) is 5.32 Å². The number of carbonyl (C=O) groups is 1. The highest BCUT2D eigenvalue weighted by Crippen LogP contribution is 2.30. The summed E-state index contributed by atoms with van der Waals surface area (Å²) in [5, 5.41) is 2.79. The Morgan fingerprint density at radius 1 is 1.18 bits per heavy atom. The fraction of sp³-hybridized carbons (Fsp3) is 0.250. The number of nitrogens with one attached hydrogen (secondary N) is 1. The van der Waals surface area contributed by atoms with Crippen LogP contribution in [0.4, 0.5) is 0 Å². The smallest absolute Gasteiger partial charge is 0.251 e. The molecule has 1 aromatic heterocycles. The minimum Gasteiger partial charge on any atom is -0.486 e. The van der Waals surface area contributed by atoms with Crippen LogP contribution in [0.15, 0.2) is 41.3 Å². The summed E-state index contributed by atoms with van der Waals surface area (Å²) < 4.78 is 12.4. The Kier molecular flexibility index (Phi) is 3.82. The molecule has 2 aromatic rings. The van der Waals surface area contributed by atoms with E-state index in [0.29, 0.717) is 36.8 Å². The molecule has 22 heavy (non-hydrogen) atoms. The fourth-order valence-electron chi connectivity index (χ4n) is 2.17. The van der Waals surface area contributed by atoms with Crippen molar-refractivity contribution in [1.29, 1.82) is 0 Å². The number of nitrogens with zero attached hydrogens (tertiary/aromatic N) is 1. The molecule has 0 radical (unpaired) electrons. The second kappa shape index (κ2) is 5.93. The van der Waals surface area contributed by atoms with Gasteiger partial charge in [-0.05, 0) is 23.8 Å². The Bertz CT molecular complexity index is 767. The molecule has 0 atom stereocenters. The van der Waals surface area contributed by atoms with Gasteiger partial charge in [-0.25, -0.2) is 0 Å². The Morgan fingerprint density at radius 3 is 2.73 bits per heavy atom. The summed E-state index contributed by atoms with van der Waals surface area (Å²) in [6.07, 6.45) is 1.57. The summed E-state index contributed by atoms with van der Waals surface area (Å²) in [5.74, 6) is 1.12. The van der Waals surface area contributed by atoms with Crippen LogP contribution in [0, 0.1) is 0 Å². The summed E-state index contributed by atoms with van der Waals surface area (Å²) in [6, 6.07) is 8.48. The van der Waals surface area contributed by atoms with Gasteiger partial charge in [0.1, 0.15) is 13.2 Å². The maximum atomic E-state index is 12.1. The molecule has 0 spiro atoms. The number of hydrogen-bond donors (Lipinski definition) is 1. The molecule has 1 aliphatic heterocycles. The monoisotopic (exact) mass is 300 g/mol. The molecule has 1 aromatic carbocycles. The molecule has 0 bridgehead atoms. The number of aromatic nitrogens is 1. The first-order valence-electron chi connectivity index (χ1n) is 6.97. The van der Waals surface area contributed by atoms with Crippen molar-refractivity contribution in [3.8, 4) is 11.5 Å². The molecule has 6 nitrogen and oxygen atoms in total. The van der Waals surface area contributed by atoms with Gasteiger partial charge in [0, 0.05) is 31.4 Å². The van der Waals surface area contributed by atoms with Gasteiger partial charge in [0.05, 0.1) is 0 Å². The lowest BCUT2D eigenvalue weighted by Crippen LogP contribution is -2.25. The first kappa shape index (κ1) is 14.2. The largest absolute Gasteiger partial charge is 0.486 e. The van der Waals surface area contributed by atoms with Gasteiger partial charge < -0.3 is 19.4 Å². The topological polar surface area (TPSA) is 69.6 Å². The van der Waals surface area contributed by atoms with Crippen molar-refractivity contribution in [2.75, 3.05) is 13.2 Å². The van der Waals surface area contributed by atoms with Crippen molar-refractivity contribution in [3.63, 3.8) is 0 Å². The van der Waals surface area contributed by atoms with Crippen molar-refractivity contribution >= 4 is 5.91 Å². The van der Waals surface area contributed by atoms with E-state index in [0.717, 1.165) is 5.56 Å². The van der Waals surface area contributed by atoms with Crippen molar-refractivity contribution < 1.29 is 14.3 Å². The quantitative estimate of drug-likeness (QED) is 0.921. The highest BCUT2D eigenvalue weighted by Gasteiger charge is 2.12. The molecule has 2 heterocycles. The Morgan fingerprint density at radius 2 is 1.95 bits per heavy atom. The molecule has 1 aliphatic rings. The van der Waals surface area contributed by atoms with E-state index >= 15 is 0 Å². The molecular weight excluding hydrogens is 284 g/mol. The predicted octanol–water partition coefficient (Wildman–Crippen LogP) is 1.09. The van der Waals surface area contributed by atoms with Crippen LogP contribution in [-0.2, 0) is 13.6 Å². The van der Waals surface area contributed by atoms with Crippen molar-refractivity contribution in [2.24, 2.45) is 7.05 Å². The summed E-state index contributed by atoms with van der Waals surface area (Å²) in [6.45, 7) is 1.42. The normalized spacial score (nSPS) is 12.8. The molecule has 0 unspecified atom stereocenters. The Labute approximate surface area is 127 Å². The van der Waals surface area contributed by atoms with E-state index in [9.17, 15) is 9.59 Å². The number of hydrogen-bond acceptors (Lipinski definition) is 4. The number of amides is 1. The lowest BCUT2D eigenvalue weighted by atomic mass is 10.2. The molecule has 1 amide bonds. The highest BCUT2D eigenvalue weighted by molar-refractivity contribution is 5.93. The summed E-state index contributed by atoms with van der Waals surface area (Å²) in [7, 11) is 1.64. The van der Waals surface area contributed by atoms with Crippen LogP contribution in [-0.4, -0.2) is 23.7 Å². The Balaban J connectivity index is 1.68. The molecule has 114 valence electrons. The van der Waals surface area contributed by atoms with Gasteiger partial charge in [-0.2, -0.15) is 0 Å². The minimum absolute atomic E-state index is 0.216. The number of rotatable bonds is 3. The van der Waals surface area contributed by atoms with E-state index in [1.807, 2.05) is 18.2 Å². The molecule has 0 aliphatic carbocycles. The lowest BCUT2D eigenvalue weighted by Gasteiger charge is -2.19. The number of pyridine rings is 1. The van der Waals surface area contributed by atoms with E-state index < -0.39 is 0 Å². The molecule has 6 heteroatoms. The van der Waals surface area contributed by atoms with Crippen molar-refractivity contribution in [1.82, 2.24) is 9.88 Å². The predicted molar refractivity (Wildman–Crippen MR) is 80.3 cm³/mol. The number of ether oxygens (including phenoxy) is 2. The zero-order valence-corrected chi connectivity index (χ0v) is 12.2. The number of fused-ring (bicyclic) bond motifs is 1. The van der Waals surface area contributed by atoms with E-state index in [1.165, 1.54) is 10.6 Å². The summed E-state index contributed by atoms with van der Waals surface area (Å²) in [5.41, 5.74) is 1.04. The van der Waals surface area contributed by atoms with Gasteiger partial charge in [0.2, 0.25) is 0 Å². The zero-order valence-electron chi connectivity index (χ0n) is 12.2. The van der Waals surface area contributed by atoms with Crippen molar-refractivity contribution in [3.05, 3.63) is 58.0 Å². The third-order valence-corrected chi connectivity index (χ3v) is 3.43. The van der Waals surface area contributed by atoms with Crippen LogP contribution in [0.5, 0.6) is 11.5 Å². The van der Waals surface area contributed by atoms with Gasteiger partial charge in [-0.1, -0.05) is 6.07 Å². The zero-order chi connectivity index (χ0) is 15.5. The van der Waals surface area contributed by atoms with Crippen LogP contribution in [0.2, 0.25) is 0 Å². The second-order valence-electron chi connectivity index (χ2n) is 5.03. The Hall–Kier alpha value is -2.76. The maximum Gasteiger partial charge on any atom is 0.251 e. The molecule has 1 N–H and O–H groups in total. The highest BCUT2D eigenvalue weighted by atomic mass is 16.6. The summed E-state index contributed by atoms with van der Waals surface area (Å²) in [4.78, 5) is 23.6. The van der Waals surface area contributed by atoms with Gasteiger partial charge in [0.15, 0.2) is 11.5 Å². The van der Waals surface area contributed by atoms with Crippen LogP contribution in [0.1, 0.15) is 15.9 Å². The second-order valence-corrected chi connectivity index (χ2v) is 5.03. The molecule has 3 rings (SSSR count). The van der Waals surface area contributed by atoms with Crippen LogP contribution in [0.25, 0.3) is 0 Å². The number of aryl methyl sites for hydroxylation is 1. The number of benzene rings is 1. The van der Waals surface area contributed by atoms with Gasteiger partial charge in [-0.15, -0.1) is 0 Å². The van der Waals surface area contributed by atoms with Gasteiger partial charge in [-0.3, -0.25) is 9.59 Å².